The van der Waals surface area contributed by atoms with E-state index in [0.29, 0.717) is 19.1 Å². The predicted octanol–water partition coefficient (Wildman–Crippen LogP) is 6.89. The van der Waals surface area contributed by atoms with Crippen molar-refractivity contribution in [3.8, 4) is 11.5 Å². The molecule has 5 rings (SSSR count). The normalized spacial score (nSPS) is 24.6. The topological polar surface area (TPSA) is 38.7 Å². The van der Waals surface area contributed by atoms with Crippen molar-refractivity contribution in [3.05, 3.63) is 95.6 Å². The van der Waals surface area contributed by atoms with Crippen molar-refractivity contribution in [3.63, 3.8) is 0 Å². The van der Waals surface area contributed by atoms with Crippen molar-refractivity contribution in [1.29, 1.82) is 0 Å². The average molecular weight is 443 g/mol. The van der Waals surface area contributed by atoms with E-state index in [9.17, 15) is 5.11 Å². The highest BCUT2D eigenvalue weighted by atomic mass is 16.5. The molecule has 2 aliphatic rings. The molecular formula is C30H34O3. The van der Waals surface area contributed by atoms with Crippen LogP contribution in [-0.4, -0.2) is 11.2 Å². The number of hydrogen-bond donors (Lipinski definition) is 1. The van der Waals surface area contributed by atoms with Gasteiger partial charge in [-0.15, -0.1) is 0 Å². The molecule has 3 nitrogen and oxygen atoms in total. The lowest BCUT2D eigenvalue weighted by molar-refractivity contribution is 0.0293. The smallest absolute Gasteiger partial charge is 0.161 e. The Morgan fingerprint density at radius 1 is 0.667 bits per heavy atom. The van der Waals surface area contributed by atoms with Gasteiger partial charge in [-0.25, -0.2) is 0 Å². The minimum Gasteiger partial charge on any atom is -0.485 e. The second kappa shape index (κ2) is 10.4. The maximum absolute atomic E-state index is 11.0. The zero-order valence-electron chi connectivity index (χ0n) is 19.2. The zero-order valence-corrected chi connectivity index (χ0v) is 19.2. The third kappa shape index (κ3) is 5.42. The quantitative estimate of drug-likeness (QED) is 0.433. The maximum atomic E-state index is 11.0. The number of aliphatic hydroxyl groups is 1. The van der Waals surface area contributed by atoms with E-state index >= 15 is 0 Å². The van der Waals surface area contributed by atoms with Gasteiger partial charge in [-0.2, -0.15) is 0 Å². The summed E-state index contributed by atoms with van der Waals surface area (Å²) < 4.78 is 12.5. The summed E-state index contributed by atoms with van der Waals surface area (Å²) in [7, 11) is 0. The van der Waals surface area contributed by atoms with Crippen LogP contribution < -0.4 is 9.47 Å². The molecule has 0 radical (unpaired) electrons. The molecule has 0 aromatic heterocycles. The van der Waals surface area contributed by atoms with Crippen molar-refractivity contribution in [2.75, 3.05) is 0 Å². The van der Waals surface area contributed by atoms with Gasteiger partial charge in [0, 0.05) is 5.92 Å². The van der Waals surface area contributed by atoms with Crippen LogP contribution in [0.15, 0.2) is 78.9 Å². The van der Waals surface area contributed by atoms with Gasteiger partial charge < -0.3 is 14.6 Å². The first-order chi connectivity index (χ1) is 16.3. The summed E-state index contributed by atoms with van der Waals surface area (Å²) in [5.41, 5.74) is 3.42. The molecule has 2 aliphatic carbocycles. The molecule has 0 saturated heterocycles. The molecule has 0 bridgehead atoms. The molecule has 4 unspecified atom stereocenters. The Balaban J connectivity index is 1.36. The summed E-state index contributed by atoms with van der Waals surface area (Å²) in [5.74, 6) is 3.12. The predicted molar refractivity (Wildman–Crippen MR) is 131 cm³/mol. The summed E-state index contributed by atoms with van der Waals surface area (Å²) in [5, 5.41) is 11.0. The number of aliphatic hydroxyl groups excluding tert-OH is 1. The van der Waals surface area contributed by atoms with Crippen LogP contribution in [0.25, 0.3) is 0 Å². The van der Waals surface area contributed by atoms with E-state index in [4.69, 9.17) is 9.47 Å². The van der Waals surface area contributed by atoms with E-state index < -0.39 is 0 Å². The molecular weight excluding hydrogens is 408 g/mol. The molecule has 4 atom stereocenters. The number of rotatable bonds is 7. The van der Waals surface area contributed by atoms with Gasteiger partial charge in [0.15, 0.2) is 11.5 Å². The molecule has 3 aromatic carbocycles. The maximum Gasteiger partial charge on any atom is 0.161 e. The van der Waals surface area contributed by atoms with Gasteiger partial charge in [0.25, 0.3) is 0 Å². The largest absolute Gasteiger partial charge is 0.485 e. The molecule has 0 amide bonds. The van der Waals surface area contributed by atoms with Crippen LogP contribution in [0.4, 0.5) is 0 Å². The Labute approximate surface area is 197 Å². The van der Waals surface area contributed by atoms with Gasteiger partial charge in [-0.1, -0.05) is 92.4 Å². The minimum absolute atomic E-state index is 0.173. The second-order valence-electron chi connectivity index (χ2n) is 9.70. The summed E-state index contributed by atoms with van der Waals surface area (Å²) >= 11 is 0. The summed E-state index contributed by atoms with van der Waals surface area (Å²) in [6.45, 7) is 0.988. The van der Waals surface area contributed by atoms with Crippen molar-refractivity contribution in [2.24, 2.45) is 11.8 Å². The first-order valence-corrected chi connectivity index (χ1v) is 12.4. The van der Waals surface area contributed by atoms with Gasteiger partial charge in [0.1, 0.15) is 13.2 Å². The van der Waals surface area contributed by atoms with E-state index in [1.54, 1.807) is 0 Å². The molecule has 1 N–H and O–H groups in total. The monoisotopic (exact) mass is 442 g/mol. The van der Waals surface area contributed by atoms with E-state index in [2.05, 4.69) is 36.4 Å². The molecule has 0 spiro atoms. The van der Waals surface area contributed by atoms with E-state index in [-0.39, 0.29) is 12.0 Å². The Kier molecular flexibility index (Phi) is 6.97. The summed E-state index contributed by atoms with van der Waals surface area (Å²) in [4.78, 5) is 0. The van der Waals surface area contributed by atoms with Gasteiger partial charge in [0.05, 0.1) is 6.10 Å². The molecule has 0 aliphatic heterocycles. The molecule has 172 valence electrons. The van der Waals surface area contributed by atoms with Gasteiger partial charge in [-0.05, 0) is 53.5 Å². The summed E-state index contributed by atoms with van der Waals surface area (Å²) in [6, 6.07) is 26.7. The zero-order chi connectivity index (χ0) is 22.5. The van der Waals surface area contributed by atoms with Crippen LogP contribution in [0.3, 0.4) is 0 Å². The molecule has 3 aromatic rings. The first kappa shape index (κ1) is 22.0. The van der Waals surface area contributed by atoms with Crippen LogP contribution >= 0.6 is 0 Å². The number of benzene rings is 3. The van der Waals surface area contributed by atoms with Crippen molar-refractivity contribution < 1.29 is 14.6 Å². The van der Waals surface area contributed by atoms with Gasteiger partial charge in [0.2, 0.25) is 0 Å². The Morgan fingerprint density at radius 2 is 1.24 bits per heavy atom. The third-order valence-electron chi connectivity index (χ3n) is 7.50. The van der Waals surface area contributed by atoms with Crippen LogP contribution in [-0.2, 0) is 13.2 Å². The number of ether oxygens (including phenoxy) is 2. The molecule has 33 heavy (non-hydrogen) atoms. The fourth-order valence-corrected chi connectivity index (χ4v) is 5.68. The Bertz CT molecular complexity index is 1020. The minimum atomic E-state index is -0.276. The highest BCUT2D eigenvalue weighted by Crippen LogP contribution is 2.47. The van der Waals surface area contributed by atoms with E-state index in [1.807, 2.05) is 42.5 Å². The van der Waals surface area contributed by atoms with Gasteiger partial charge in [-0.3, -0.25) is 0 Å². The van der Waals surface area contributed by atoms with Crippen molar-refractivity contribution in [2.45, 2.75) is 63.8 Å². The van der Waals surface area contributed by atoms with Crippen molar-refractivity contribution in [1.82, 2.24) is 0 Å². The average Bonchev–Trinajstić information content (AvgIpc) is 2.87. The highest BCUT2D eigenvalue weighted by Gasteiger charge is 2.38. The number of hydrogen-bond acceptors (Lipinski definition) is 3. The van der Waals surface area contributed by atoms with Crippen LogP contribution in [0.1, 0.15) is 61.1 Å². The SMILES string of the molecule is OC1CC2CCCCC2CC1c1ccc(OCc2ccccc2)c(OCc2ccccc2)c1. The third-order valence-corrected chi connectivity index (χ3v) is 7.50. The fraction of sp³-hybridized carbons (Fsp3) is 0.400. The van der Waals surface area contributed by atoms with E-state index in [1.165, 1.54) is 31.2 Å². The molecule has 2 fully saturated rings. The lowest BCUT2D eigenvalue weighted by atomic mass is 9.65. The highest BCUT2D eigenvalue weighted by molar-refractivity contribution is 5.45. The lowest BCUT2D eigenvalue weighted by Gasteiger charge is -2.42. The van der Waals surface area contributed by atoms with Crippen LogP contribution in [0.2, 0.25) is 0 Å². The second-order valence-corrected chi connectivity index (χ2v) is 9.70. The fourth-order valence-electron chi connectivity index (χ4n) is 5.68. The Hall–Kier alpha value is -2.78. The lowest BCUT2D eigenvalue weighted by Crippen LogP contribution is -2.35. The van der Waals surface area contributed by atoms with Crippen molar-refractivity contribution >= 4 is 0 Å². The van der Waals surface area contributed by atoms with E-state index in [0.717, 1.165) is 41.4 Å². The molecule has 0 heterocycles. The van der Waals surface area contributed by atoms with Crippen LogP contribution in [0.5, 0.6) is 11.5 Å². The van der Waals surface area contributed by atoms with Crippen LogP contribution in [0, 0.1) is 11.8 Å². The molecule has 2 saturated carbocycles. The standard InChI is InChI=1S/C30H34O3/c31-28-18-25-14-8-7-13-24(25)17-27(28)26-15-16-29(32-20-22-9-3-1-4-10-22)30(19-26)33-21-23-11-5-2-6-12-23/h1-6,9-12,15-16,19,24-25,27-28,31H,7-8,13-14,17-18,20-21H2. The molecule has 3 heteroatoms. The number of fused-ring (bicyclic) bond motifs is 1. The first-order valence-electron chi connectivity index (χ1n) is 12.4. The van der Waals surface area contributed by atoms with Gasteiger partial charge >= 0.3 is 0 Å². The summed E-state index contributed by atoms with van der Waals surface area (Å²) in [6.07, 6.45) is 6.99. The Morgan fingerprint density at radius 3 is 1.88 bits per heavy atom.